The van der Waals surface area contributed by atoms with Crippen molar-refractivity contribution in [1.82, 2.24) is 0 Å². The summed E-state index contributed by atoms with van der Waals surface area (Å²) >= 11 is 12.2. The van der Waals surface area contributed by atoms with Gasteiger partial charge < -0.3 is 4.90 Å². The minimum atomic E-state index is 0.224. The molecular weight excluding hydrogens is 325 g/mol. The standard InChI is InChI=1S/C20H19Cl2N/c1-3-23-18(9-6-15-5-8-17(21)13-19(15)22)10-7-16-12-14(2)4-11-20(16)23/h4-13,18H,3H2,1-2H3/b9-6+. The topological polar surface area (TPSA) is 3.24 Å². The Morgan fingerprint density at radius 3 is 2.70 bits per heavy atom. The molecule has 0 amide bonds. The first kappa shape index (κ1) is 16.2. The lowest BCUT2D eigenvalue weighted by Crippen LogP contribution is -2.34. The van der Waals surface area contributed by atoms with Gasteiger partial charge in [-0.2, -0.15) is 0 Å². The van der Waals surface area contributed by atoms with Gasteiger partial charge in [-0.15, -0.1) is 0 Å². The van der Waals surface area contributed by atoms with E-state index in [1.807, 2.05) is 12.1 Å². The van der Waals surface area contributed by atoms with Crippen molar-refractivity contribution < 1.29 is 0 Å². The number of fused-ring (bicyclic) bond motifs is 1. The number of hydrogen-bond acceptors (Lipinski definition) is 1. The minimum absolute atomic E-state index is 0.224. The fraction of sp³-hybridized carbons (Fsp3) is 0.200. The Morgan fingerprint density at radius 1 is 1.13 bits per heavy atom. The highest BCUT2D eigenvalue weighted by molar-refractivity contribution is 6.35. The number of halogens is 2. The maximum absolute atomic E-state index is 6.25. The van der Waals surface area contributed by atoms with Gasteiger partial charge in [0.2, 0.25) is 0 Å². The largest absolute Gasteiger partial charge is 0.361 e. The van der Waals surface area contributed by atoms with Crippen molar-refractivity contribution in [2.24, 2.45) is 0 Å². The van der Waals surface area contributed by atoms with E-state index in [1.54, 1.807) is 6.07 Å². The Morgan fingerprint density at radius 2 is 1.96 bits per heavy atom. The molecule has 23 heavy (non-hydrogen) atoms. The molecule has 3 heteroatoms. The Balaban J connectivity index is 1.89. The maximum atomic E-state index is 6.25. The second kappa shape index (κ2) is 6.82. The van der Waals surface area contributed by atoms with Gasteiger partial charge in [0.25, 0.3) is 0 Å². The fourth-order valence-corrected chi connectivity index (χ4v) is 3.40. The Bertz CT molecular complexity index is 777. The molecular formula is C20H19Cl2N. The van der Waals surface area contributed by atoms with Crippen LogP contribution in [-0.4, -0.2) is 12.6 Å². The second-order valence-electron chi connectivity index (χ2n) is 5.72. The molecule has 0 saturated carbocycles. The molecule has 1 unspecified atom stereocenters. The predicted molar refractivity (Wildman–Crippen MR) is 103 cm³/mol. The zero-order valence-electron chi connectivity index (χ0n) is 13.3. The highest BCUT2D eigenvalue weighted by Gasteiger charge is 2.18. The molecule has 0 bridgehead atoms. The lowest BCUT2D eigenvalue weighted by atomic mass is 10.00. The van der Waals surface area contributed by atoms with Crippen LogP contribution in [0.4, 0.5) is 5.69 Å². The maximum Gasteiger partial charge on any atom is 0.0663 e. The van der Waals surface area contributed by atoms with Crippen LogP contribution in [0.15, 0.2) is 48.6 Å². The van der Waals surface area contributed by atoms with Gasteiger partial charge in [0, 0.05) is 22.3 Å². The molecule has 0 saturated heterocycles. The van der Waals surface area contributed by atoms with Crippen LogP contribution >= 0.6 is 23.2 Å². The van der Waals surface area contributed by atoms with Crippen molar-refractivity contribution in [3.05, 3.63) is 75.3 Å². The molecule has 0 fully saturated rings. The summed E-state index contributed by atoms with van der Waals surface area (Å²) in [6, 6.07) is 12.4. The quantitative estimate of drug-likeness (QED) is 0.637. The number of rotatable bonds is 3. The van der Waals surface area contributed by atoms with Gasteiger partial charge in [-0.05, 0) is 49.2 Å². The third-order valence-corrected chi connectivity index (χ3v) is 4.66. The summed E-state index contributed by atoms with van der Waals surface area (Å²) in [5.74, 6) is 0. The highest BCUT2D eigenvalue weighted by Crippen LogP contribution is 2.31. The monoisotopic (exact) mass is 343 g/mol. The summed E-state index contributed by atoms with van der Waals surface area (Å²) < 4.78 is 0. The normalized spacial score (nSPS) is 16.9. The van der Waals surface area contributed by atoms with E-state index in [9.17, 15) is 0 Å². The predicted octanol–water partition coefficient (Wildman–Crippen LogP) is 6.24. The lowest BCUT2D eigenvalue weighted by molar-refractivity contribution is 0.806. The van der Waals surface area contributed by atoms with E-state index >= 15 is 0 Å². The molecule has 3 rings (SSSR count). The summed E-state index contributed by atoms with van der Waals surface area (Å²) in [5.41, 5.74) is 4.82. The van der Waals surface area contributed by atoms with E-state index < -0.39 is 0 Å². The molecule has 1 atom stereocenters. The molecule has 0 spiro atoms. The molecule has 0 aliphatic carbocycles. The van der Waals surface area contributed by atoms with Crippen LogP contribution in [0.1, 0.15) is 23.6 Å². The molecule has 118 valence electrons. The van der Waals surface area contributed by atoms with Crippen LogP contribution in [0.2, 0.25) is 10.0 Å². The van der Waals surface area contributed by atoms with Gasteiger partial charge in [0.1, 0.15) is 0 Å². The number of benzene rings is 2. The zero-order chi connectivity index (χ0) is 16.4. The van der Waals surface area contributed by atoms with Gasteiger partial charge in [-0.25, -0.2) is 0 Å². The van der Waals surface area contributed by atoms with Crippen LogP contribution in [0.25, 0.3) is 12.2 Å². The SMILES string of the molecule is CCN1c2ccc(C)cc2C=CC1/C=C/c1ccc(Cl)cc1Cl. The molecule has 1 heterocycles. The van der Waals surface area contributed by atoms with E-state index in [0.717, 1.165) is 12.1 Å². The molecule has 1 aliphatic rings. The lowest BCUT2D eigenvalue weighted by Gasteiger charge is -2.33. The van der Waals surface area contributed by atoms with Crippen molar-refractivity contribution in [1.29, 1.82) is 0 Å². The number of likely N-dealkylation sites (N-methyl/N-ethyl adjacent to an activating group) is 1. The Hall–Kier alpha value is -1.70. The number of nitrogens with zero attached hydrogens (tertiary/aromatic N) is 1. The summed E-state index contributed by atoms with van der Waals surface area (Å²) in [4.78, 5) is 2.38. The number of hydrogen-bond donors (Lipinski definition) is 0. The molecule has 2 aromatic rings. The van der Waals surface area contributed by atoms with E-state index in [-0.39, 0.29) is 6.04 Å². The van der Waals surface area contributed by atoms with Crippen LogP contribution in [0.5, 0.6) is 0 Å². The minimum Gasteiger partial charge on any atom is -0.361 e. The van der Waals surface area contributed by atoms with Crippen LogP contribution in [0.3, 0.4) is 0 Å². The summed E-state index contributed by atoms with van der Waals surface area (Å²) in [7, 11) is 0. The van der Waals surface area contributed by atoms with E-state index in [0.29, 0.717) is 10.0 Å². The highest BCUT2D eigenvalue weighted by atomic mass is 35.5. The number of anilines is 1. The van der Waals surface area contributed by atoms with Crippen LogP contribution < -0.4 is 4.90 Å². The van der Waals surface area contributed by atoms with Crippen LogP contribution in [-0.2, 0) is 0 Å². The Kier molecular flexibility index (Phi) is 4.79. The van der Waals surface area contributed by atoms with Gasteiger partial charge in [-0.1, -0.05) is 65.2 Å². The van der Waals surface area contributed by atoms with E-state index in [1.165, 1.54) is 16.8 Å². The second-order valence-corrected chi connectivity index (χ2v) is 6.57. The number of aryl methyl sites for hydroxylation is 1. The van der Waals surface area contributed by atoms with Gasteiger partial charge >= 0.3 is 0 Å². The van der Waals surface area contributed by atoms with Crippen molar-refractivity contribution in [3.8, 4) is 0 Å². The average molecular weight is 344 g/mol. The van der Waals surface area contributed by atoms with Gasteiger partial charge in [0.15, 0.2) is 0 Å². The molecule has 0 aromatic heterocycles. The third kappa shape index (κ3) is 3.46. The fourth-order valence-electron chi connectivity index (χ4n) is 2.92. The first-order chi connectivity index (χ1) is 11.1. The van der Waals surface area contributed by atoms with Crippen molar-refractivity contribution in [2.75, 3.05) is 11.4 Å². The summed E-state index contributed by atoms with van der Waals surface area (Å²) in [5, 5.41) is 1.33. The smallest absolute Gasteiger partial charge is 0.0663 e. The first-order valence-corrected chi connectivity index (χ1v) is 8.53. The molecule has 1 aliphatic heterocycles. The van der Waals surface area contributed by atoms with E-state index in [4.69, 9.17) is 23.2 Å². The average Bonchev–Trinajstić information content (AvgIpc) is 2.53. The third-order valence-electron chi connectivity index (χ3n) is 4.10. The van der Waals surface area contributed by atoms with Gasteiger partial charge in [-0.3, -0.25) is 0 Å². The van der Waals surface area contributed by atoms with E-state index in [2.05, 4.69) is 61.3 Å². The first-order valence-electron chi connectivity index (χ1n) is 7.77. The van der Waals surface area contributed by atoms with Gasteiger partial charge in [0.05, 0.1) is 6.04 Å². The molecule has 2 aromatic carbocycles. The summed E-state index contributed by atoms with van der Waals surface area (Å²) in [6.45, 7) is 5.25. The molecule has 0 N–H and O–H groups in total. The summed E-state index contributed by atoms with van der Waals surface area (Å²) in [6.07, 6.45) is 8.67. The van der Waals surface area contributed by atoms with Crippen molar-refractivity contribution in [3.63, 3.8) is 0 Å². The van der Waals surface area contributed by atoms with Crippen molar-refractivity contribution in [2.45, 2.75) is 19.9 Å². The molecule has 0 radical (unpaired) electrons. The Labute approximate surface area is 147 Å². The zero-order valence-corrected chi connectivity index (χ0v) is 14.8. The van der Waals surface area contributed by atoms with Crippen LogP contribution in [0, 0.1) is 6.92 Å². The molecule has 1 nitrogen and oxygen atoms in total. The van der Waals surface area contributed by atoms with Crippen molar-refractivity contribution >= 4 is 41.0 Å².